The number of methoxy groups -OCH3 is 1. The zero-order valence-corrected chi connectivity index (χ0v) is 15.3. The van der Waals surface area contributed by atoms with Crippen molar-refractivity contribution in [2.75, 3.05) is 13.7 Å². The van der Waals surface area contributed by atoms with Crippen LogP contribution in [0, 0.1) is 0 Å². The number of rotatable bonds is 11. The van der Waals surface area contributed by atoms with Crippen molar-refractivity contribution in [3.63, 3.8) is 0 Å². The van der Waals surface area contributed by atoms with Gasteiger partial charge in [-0.15, -0.1) is 0 Å². The fourth-order valence-corrected chi connectivity index (χ4v) is 2.76. The third kappa shape index (κ3) is 5.89. The molecule has 2 N–H and O–H groups in total. The second-order valence-electron chi connectivity index (χ2n) is 6.16. The van der Waals surface area contributed by atoms with Crippen molar-refractivity contribution < 1.29 is 15.0 Å². The maximum absolute atomic E-state index is 5.94. The molecule has 0 heterocycles. The lowest BCUT2D eigenvalue weighted by atomic mass is 10.0. The Morgan fingerprint density at radius 2 is 1.56 bits per heavy atom. The van der Waals surface area contributed by atoms with Crippen molar-refractivity contribution in [3.8, 4) is 22.6 Å². The average molecular weight is 341 g/mol. The first kappa shape index (κ1) is 19.0. The monoisotopic (exact) mass is 341 g/mol. The first-order chi connectivity index (χ1) is 12.3. The lowest BCUT2D eigenvalue weighted by Crippen LogP contribution is -2.22. The van der Waals surface area contributed by atoms with Crippen LogP contribution in [0.5, 0.6) is 11.5 Å². The van der Waals surface area contributed by atoms with Crippen LogP contribution in [0.4, 0.5) is 5.69 Å². The van der Waals surface area contributed by atoms with Gasteiger partial charge in [0.25, 0.3) is 0 Å². The normalized spacial score (nSPS) is 10.5. The quantitative estimate of drug-likeness (QED) is 0.465. The second kappa shape index (κ2) is 10.5. The lowest BCUT2D eigenvalue weighted by Gasteiger charge is -2.10. The zero-order chi connectivity index (χ0) is 17.9. The molecule has 0 bridgehead atoms. The molecule has 2 aromatic carbocycles. The highest BCUT2D eigenvalue weighted by Crippen LogP contribution is 2.33. The smallest absolute Gasteiger partial charge is 0.171 e. The number of unbranched alkanes of at least 4 members (excludes halogenated alkanes) is 5. The summed E-state index contributed by atoms with van der Waals surface area (Å²) in [4.78, 5) is 0. The third-order valence-electron chi connectivity index (χ3n) is 4.28. The van der Waals surface area contributed by atoms with E-state index in [0.717, 1.165) is 29.0 Å². The van der Waals surface area contributed by atoms with E-state index in [9.17, 15) is 0 Å². The van der Waals surface area contributed by atoms with Crippen molar-refractivity contribution in [3.05, 3.63) is 42.5 Å². The largest absolute Gasteiger partial charge is 0.497 e. The number of nitrogens with zero attached hydrogens (tertiary/aromatic N) is 1. The molecular weight excluding hydrogens is 312 g/mol. The van der Waals surface area contributed by atoms with E-state index >= 15 is 0 Å². The summed E-state index contributed by atoms with van der Waals surface area (Å²) in [6.45, 7) is 2.93. The molecule has 0 saturated carbocycles. The van der Waals surface area contributed by atoms with Crippen LogP contribution in [0.3, 0.4) is 0 Å². The van der Waals surface area contributed by atoms with Gasteiger partial charge in [0.05, 0.1) is 13.7 Å². The van der Waals surface area contributed by atoms with E-state index in [1.807, 2.05) is 42.5 Å². The van der Waals surface area contributed by atoms with Gasteiger partial charge in [-0.1, -0.05) is 57.2 Å². The van der Waals surface area contributed by atoms with E-state index in [4.69, 9.17) is 15.0 Å². The number of hydrogen-bond acceptors (Lipinski definition) is 3. The minimum atomic E-state index is 0.684. The van der Waals surface area contributed by atoms with Crippen LogP contribution in [0.1, 0.15) is 45.4 Å². The second-order valence-corrected chi connectivity index (χ2v) is 6.16. The lowest BCUT2D eigenvalue weighted by molar-refractivity contribution is -0.210. The first-order valence-corrected chi connectivity index (χ1v) is 9.10. The van der Waals surface area contributed by atoms with Gasteiger partial charge in [-0.05, 0) is 46.9 Å². The molecule has 134 valence electrons. The minimum Gasteiger partial charge on any atom is -0.497 e. The van der Waals surface area contributed by atoms with Crippen LogP contribution in [0.2, 0.25) is 0 Å². The van der Waals surface area contributed by atoms with Gasteiger partial charge >= 0.3 is 0 Å². The molecule has 0 aliphatic heterocycles. The van der Waals surface area contributed by atoms with Crippen LogP contribution in [0.25, 0.3) is 11.1 Å². The summed E-state index contributed by atoms with van der Waals surface area (Å²) in [6.07, 6.45) is 7.44. The van der Waals surface area contributed by atoms with Gasteiger partial charge in [-0.3, -0.25) is 0 Å². The molecule has 2 aromatic rings. The van der Waals surface area contributed by atoms with Gasteiger partial charge in [0.2, 0.25) is 0 Å². The van der Waals surface area contributed by atoms with E-state index in [-0.39, 0.29) is 0 Å². The van der Waals surface area contributed by atoms with Crippen molar-refractivity contribution in [1.82, 2.24) is 0 Å². The molecule has 0 aliphatic carbocycles. The van der Waals surface area contributed by atoms with Crippen LogP contribution >= 0.6 is 0 Å². The molecule has 4 heteroatoms. The van der Waals surface area contributed by atoms with E-state index < -0.39 is 0 Å². The summed E-state index contributed by atoms with van der Waals surface area (Å²) in [5.74, 6) is 1.58. The van der Waals surface area contributed by atoms with E-state index in [2.05, 4.69) is 12.0 Å². The molecule has 0 saturated heterocycles. The standard InChI is InChI=1S/C21H28N2O2/c1-3-4-5-6-7-8-15-25-21-16-18(11-14-20(21)23-22)17-9-12-19(24-2)13-10-17/h9-14,16,22H,3-8,15H2,1-2H3/p+1. The van der Waals surface area contributed by atoms with E-state index in [0.29, 0.717) is 12.3 Å². The van der Waals surface area contributed by atoms with Gasteiger partial charge in [-0.2, -0.15) is 5.53 Å². The molecule has 4 nitrogen and oxygen atoms in total. The van der Waals surface area contributed by atoms with Crippen LogP contribution < -0.4 is 15.0 Å². The molecule has 0 aromatic heterocycles. The predicted octanol–water partition coefficient (Wildman–Crippen LogP) is 4.94. The minimum absolute atomic E-state index is 0.684. The fraction of sp³-hybridized carbons (Fsp3) is 0.429. The summed E-state index contributed by atoms with van der Waals surface area (Å²) in [6, 6.07) is 13.9. The molecule has 0 unspecified atom stereocenters. The maximum Gasteiger partial charge on any atom is 0.171 e. The average Bonchev–Trinajstić information content (AvgIpc) is 2.67. The Labute approximate surface area is 150 Å². The van der Waals surface area contributed by atoms with Crippen LogP contribution in [-0.2, 0) is 0 Å². The van der Waals surface area contributed by atoms with Gasteiger partial charge in [0, 0.05) is 0 Å². The Morgan fingerprint density at radius 3 is 2.24 bits per heavy atom. The molecule has 2 rings (SSSR count). The number of hydrogen-bond donors (Lipinski definition) is 1. The maximum atomic E-state index is 5.94. The molecule has 0 aliphatic rings. The third-order valence-corrected chi connectivity index (χ3v) is 4.28. The van der Waals surface area contributed by atoms with Crippen molar-refractivity contribution in [2.45, 2.75) is 45.4 Å². The van der Waals surface area contributed by atoms with E-state index in [1.54, 1.807) is 7.11 Å². The van der Waals surface area contributed by atoms with Crippen molar-refractivity contribution in [2.24, 2.45) is 5.11 Å². The molecule has 0 amide bonds. The van der Waals surface area contributed by atoms with Gasteiger partial charge in [0.1, 0.15) is 5.75 Å². The molecule has 0 spiro atoms. The van der Waals surface area contributed by atoms with E-state index in [1.165, 1.54) is 32.1 Å². The fourth-order valence-electron chi connectivity index (χ4n) is 2.76. The summed E-state index contributed by atoms with van der Waals surface area (Å²) >= 11 is 0. The highest BCUT2D eigenvalue weighted by molar-refractivity contribution is 5.69. The molecule has 0 fully saturated rings. The van der Waals surface area contributed by atoms with Crippen LogP contribution in [-0.4, -0.2) is 13.7 Å². The Kier molecular flexibility index (Phi) is 7.96. The summed E-state index contributed by atoms with van der Waals surface area (Å²) in [5, 5.41) is 3.83. The number of benzene rings is 2. The summed E-state index contributed by atoms with van der Waals surface area (Å²) in [5.41, 5.74) is 8.36. The summed E-state index contributed by atoms with van der Waals surface area (Å²) < 4.78 is 11.2. The molecular formula is C21H29N2O2+. The Bertz CT molecular complexity index is 653. The molecule has 0 atom stereocenters. The molecule has 25 heavy (non-hydrogen) atoms. The molecule has 0 radical (unpaired) electrons. The van der Waals surface area contributed by atoms with Crippen molar-refractivity contribution in [1.29, 1.82) is 0 Å². The summed E-state index contributed by atoms with van der Waals surface area (Å²) in [7, 11) is 1.67. The Morgan fingerprint density at radius 1 is 0.880 bits per heavy atom. The van der Waals surface area contributed by atoms with Gasteiger partial charge in [-0.25, -0.2) is 0 Å². The topological polar surface area (TPSA) is 56.4 Å². The SMILES string of the molecule is CCCCCCCCOc1cc(-c2ccc(OC)cc2)ccc1N=[NH2+]. The van der Waals surface area contributed by atoms with Crippen molar-refractivity contribution >= 4 is 5.69 Å². The highest BCUT2D eigenvalue weighted by atomic mass is 16.5. The number of ether oxygens (including phenoxy) is 2. The predicted molar refractivity (Wildman–Crippen MR) is 101 cm³/mol. The van der Waals surface area contributed by atoms with Gasteiger partial charge < -0.3 is 9.47 Å². The Hall–Kier alpha value is -2.36. The van der Waals surface area contributed by atoms with Crippen LogP contribution in [0.15, 0.2) is 47.6 Å². The first-order valence-electron chi connectivity index (χ1n) is 9.10. The zero-order valence-electron chi connectivity index (χ0n) is 15.3. The highest BCUT2D eigenvalue weighted by Gasteiger charge is 2.08. The van der Waals surface area contributed by atoms with Gasteiger partial charge in [0.15, 0.2) is 11.4 Å². The number of nitrogens with two attached hydrogens (primary N) is 1. The Balaban J connectivity index is 1.97.